The van der Waals surface area contributed by atoms with E-state index >= 15 is 0 Å². The number of nitrogens with one attached hydrogen (secondary N) is 1. The third-order valence-electron chi connectivity index (χ3n) is 6.84. The van der Waals surface area contributed by atoms with Crippen molar-refractivity contribution in [3.8, 4) is 0 Å². The van der Waals surface area contributed by atoms with Gasteiger partial charge in [-0.2, -0.15) is 0 Å². The van der Waals surface area contributed by atoms with Gasteiger partial charge in [0.25, 0.3) is 5.91 Å². The Kier molecular flexibility index (Phi) is 6.88. The lowest BCUT2D eigenvalue weighted by atomic mass is 9.88. The van der Waals surface area contributed by atoms with Gasteiger partial charge in [0.2, 0.25) is 0 Å². The number of rotatable bonds is 6. The Morgan fingerprint density at radius 3 is 2.70 bits per heavy atom. The highest BCUT2D eigenvalue weighted by Gasteiger charge is 2.33. The van der Waals surface area contributed by atoms with Crippen molar-refractivity contribution in [2.45, 2.75) is 38.6 Å². The molecule has 33 heavy (non-hydrogen) atoms. The molecule has 2 aliphatic rings. The number of piperazine rings is 1. The smallest absolute Gasteiger partial charge is 0.291 e. The van der Waals surface area contributed by atoms with Crippen LogP contribution in [0.4, 0.5) is 5.00 Å². The molecule has 0 bridgehead atoms. The number of carbonyl (C=O) groups is 1. The van der Waals surface area contributed by atoms with Crippen molar-refractivity contribution in [1.29, 1.82) is 0 Å². The molecule has 7 heteroatoms. The number of amides is 1. The van der Waals surface area contributed by atoms with Crippen molar-refractivity contribution in [3.05, 3.63) is 75.0 Å². The van der Waals surface area contributed by atoms with Crippen LogP contribution in [-0.4, -0.2) is 48.4 Å². The number of benzene rings is 1. The summed E-state index contributed by atoms with van der Waals surface area (Å²) in [7, 11) is 0. The van der Waals surface area contributed by atoms with Crippen molar-refractivity contribution >= 4 is 33.8 Å². The summed E-state index contributed by atoms with van der Waals surface area (Å²) in [6.45, 7) is 7.37. The van der Waals surface area contributed by atoms with Crippen LogP contribution in [0.1, 0.15) is 57.9 Å². The first-order valence-electron chi connectivity index (χ1n) is 11.8. The quantitative estimate of drug-likeness (QED) is 0.477. The molecule has 1 aliphatic carbocycles. The molecule has 1 atom stereocenters. The number of furan rings is 1. The second-order valence-corrected chi connectivity index (χ2v) is 10.4. The number of hydrogen-bond donors (Lipinski definition) is 1. The predicted octanol–water partition coefficient (Wildman–Crippen LogP) is 5.85. The van der Waals surface area contributed by atoms with E-state index in [0.717, 1.165) is 55.6 Å². The largest absolute Gasteiger partial charge is 0.459 e. The van der Waals surface area contributed by atoms with Crippen LogP contribution in [0.3, 0.4) is 0 Å². The van der Waals surface area contributed by atoms with Gasteiger partial charge in [-0.05, 0) is 67.6 Å². The maximum absolute atomic E-state index is 13.0. The highest BCUT2D eigenvalue weighted by Crippen LogP contribution is 2.46. The third kappa shape index (κ3) is 4.76. The first-order valence-corrected chi connectivity index (χ1v) is 13.0. The average molecular weight is 484 g/mol. The molecule has 1 aromatic carbocycles. The van der Waals surface area contributed by atoms with E-state index in [9.17, 15) is 4.79 Å². The molecular weight excluding hydrogens is 454 g/mol. The fourth-order valence-corrected chi connectivity index (χ4v) is 6.63. The Morgan fingerprint density at radius 1 is 1.15 bits per heavy atom. The first-order chi connectivity index (χ1) is 16.1. The highest BCUT2D eigenvalue weighted by atomic mass is 35.5. The van der Waals surface area contributed by atoms with Crippen LogP contribution in [0.2, 0.25) is 5.02 Å². The number of carbonyl (C=O) groups excluding carboxylic acids is 1. The van der Waals surface area contributed by atoms with Gasteiger partial charge in [-0.25, -0.2) is 0 Å². The van der Waals surface area contributed by atoms with Crippen molar-refractivity contribution in [1.82, 2.24) is 9.80 Å². The SMILES string of the molecule is CCN1CCN(C(c2cccc(Cl)c2)c2c(NC(=O)c3ccco3)sc3c2CCCC3)CC1. The number of hydrogen-bond acceptors (Lipinski definition) is 5. The summed E-state index contributed by atoms with van der Waals surface area (Å²) in [5, 5.41) is 4.91. The van der Waals surface area contributed by atoms with Gasteiger partial charge in [0.15, 0.2) is 5.76 Å². The predicted molar refractivity (Wildman–Crippen MR) is 135 cm³/mol. The zero-order valence-electron chi connectivity index (χ0n) is 19.0. The Morgan fingerprint density at radius 2 is 1.97 bits per heavy atom. The maximum atomic E-state index is 13.0. The van der Waals surface area contributed by atoms with E-state index in [1.54, 1.807) is 23.5 Å². The van der Waals surface area contributed by atoms with Crippen LogP contribution in [0.25, 0.3) is 0 Å². The third-order valence-corrected chi connectivity index (χ3v) is 8.30. The monoisotopic (exact) mass is 483 g/mol. The van der Waals surface area contributed by atoms with Crippen molar-refractivity contribution in [3.63, 3.8) is 0 Å². The molecule has 5 nitrogen and oxygen atoms in total. The minimum atomic E-state index is -0.194. The van der Waals surface area contributed by atoms with E-state index in [0.29, 0.717) is 5.76 Å². The molecule has 0 radical (unpaired) electrons. The van der Waals surface area contributed by atoms with Crippen LogP contribution in [0.5, 0.6) is 0 Å². The molecule has 174 valence electrons. The fourth-order valence-electron chi connectivity index (χ4n) is 5.12. The van der Waals surface area contributed by atoms with E-state index < -0.39 is 0 Å². The van der Waals surface area contributed by atoms with Crippen LogP contribution >= 0.6 is 22.9 Å². The topological polar surface area (TPSA) is 48.7 Å². The maximum Gasteiger partial charge on any atom is 0.291 e. The lowest BCUT2D eigenvalue weighted by molar-refractivity contribution is 0.0995. The molecule has 0 spiro atoms. The normalized spacial score (nSPS) is 18.1. The van der Waals surface area contributed by atoms with Crippen LogP contribution in [0.15, 0.2) is 47.1 Å². The number of anilines is 1. The Bertz CT molecular complexity index is 1100. The van der Waals surface area contributed by atoms with Gasteiger partial charge in [-0.3, -0.25) is 9.69 Å². The molecule has 1 amide bonds. The molecule has 0 saturated carbocycles. The highest BCUT2D eigenvalue weighted by molar-refractivity contribution is 7.16. The van der Waals surface area contributed by atoms with E-state index in [2.05, 4.69) is 34.2 Å². The van der Waals surface area contributed by atoms with Gasteiger partial charge in [0.1, 0.15) is 5.00 Å². The number of aryl methyl sites for hydroxylation is 1. The number of halogens is 1. The van der Waals surface area contributed by atoms with Gasteiger partial charge in [0.05, 0.1) is 12.3 Å². The van der Waals surface area contributed by atoms with Gasteiger partial charge in [0, 0.05) is 41.6 Å². The number of thiophene rings is 1. The molecule has 3 aromatic rings. The minimum absolute atomic E-state index is 0.0627. The summed E-state index contributed by atoms with van der Waals surface area (Å²) >= 11 is 8.20. The lowest BCUT2D eigenvalue weighted by Gasteiger charge is -2.40. The van der Waals surface area contributed by atoms with Gasteiger partial charge < -0.3 is 14.6 Å². The summed E-state index contributed by atoms with van der Waals surface area (Å²) in [4.78, 5) is 19.4. The first kappa shape index (κ1) is 22.7. The molecule has 1 fully saturated rings. The summed E-state index contributed by atoms with van der Waals surface area (Å²) in [5.41, 5.74) is 3.86. The molecular formula is C26H30ClN3O2S. The van der Waals surface area contributed by atoms with E-state index in [1.165, 1.54) is 40.7 Å². The van der Waals surface area contributed by atoms with E-state index in [-0.39, 0.29) is 11.9 Å². The summed E-state index contributed by atoms with van der Waals surface area (Å²) < 4.78 is 5.37. The molecule has 5 rings (SSSR count). The summed E-state index contributed by atoms with van der Waals surface area (Å²) in [5.74, 6) is 0.142. The van der Waals surface area contributed by atoms with Crippen molar-refractivity contribution in [2.24, 2.45) is 0 Å². The van der Waals surface area contributed by atoms with Crippen LogP contribution < -0.4 is 5.32 Å². The standard InChI is InChI=1S/C26H30ClN3O2S/c1-2-29-12-14-30(15-13-29)24(18-7-5-8-19(27)17-18)23-20-9-3-4-11-22(20)33-26(23)28-25(31)21-10-6-16-32-21/h5-8,10,16-17,24H,2-4,9,11-15H2,1H3,(H,28,31). The second-order valence-electron chi connectivity index (χ2n) is 8.81. The summed E-state index contributed by atoms with van der Waals surface area (Å²) in [6.07, 6.45) is 6.07. The average Bonchev–Trinajstić information content (AvgIpc) is 3.49. The molecule has 3 heterocycles. The zero-order chi connectivity index (χ0) is 22.8. The molecule has 2 aromatic heterocycles. The molecule has 1 N–H and O–H groups in total. The van der Waals surface area contributed by atoms with Gasteiger partial charge >= 0.3 is 0 Å². The lowest BCUT2D eigenvalue weighted by Crippen LogP contribution is -2.47. The number of likely N-dealkylation sites (N-methyl/N-ethyl adjacent to an activating group) is 1. The molecule has 1 unspecified atom stereocenters. The van der Waals surface area contributed by atoms with Crippen molar-refractivity contribution in [2.75, 3.05) is 38.0 Å². The van der Waals surface area contributed by atoms with E-state index in [4.69, 9.17) is 16.0 Å². The number of nitrogens with zero attached hydrogens (tertiary/aromatic N) is 2. The van der Waals surface area contributed by atoms with Crippen LogP contribution in [0, 0.1) is 0 Å². The Labute approximate surface area is 204 Å². The van der Waals surface area contributed by atoms with Crippen LogP contribution in [-0.2, 0) is 12.8 Å². The Hall–Kier alpha value is -2.12. The van der Waals surface area contributed by atoms with Crippen molar-refractivity contribution < 1.29 is 9.21 Å². The van der Waals surface area contributed by atoms with Gasteiger partial charge in [-0.1, -0.05) is 30.7 Å². The number of fused-ring (bicyclic) bond motifs is 1. The van der Waals surface area contributed by atoms with Gasteiger partial charge in [-0.15, -0.1) is 11.3 Å². The Balaban J connectivity index is 1.59. The fraction of sp³-hybridized carbons (Fsp3) is 0.423. The van der Waals surface area contributed by atoms with E-state index in [1.807, 2.05) is 12.1 Å². The summed E-state index contributed by atoms with van der Waals surface area (Å²) in [6, 6.07) is 11.7. The second kappa shape index (κ2) is 10.0. The minimum Gasteiger partial charge on any atom is -0.459 e. The molecule has 1 saturated heterocycles. The zero-order valence-corrected chi connectivity index (χ0v) is 20.6. The molecule has 1 aliphatic heterocycles.